The third-order valence-corrected chi connectivity index (χ3v) is 4.41. The van der Waals surface area contributed by atoms with Crippen molar-refractivity contribution in [2.75, 3.05) is 27.9 Å². The quantitative estimate of drug-likeness (QED) is 0.588. The van der Waals surface area contributed by atoms with E-state index < -0.39 is 0 Å². The van der Waals surface area contributed by atoms with Gasteiger partial charge in [0.25, 0.3) is 5.91 Å². The Morgan fingerprint density at radius 2 is 1.75 bits per heavy atom. The molecule has 1 N–H and O–H groups in total. The van der Waals surface area contributed by atoms with Crippen LogP contribution in [0.25, 0.3) is 0 Å². The van der Waals surface area contributed by atoms with Crippen LogP contribution < -0.4 is 24.3 Å². The summed E-state index contributed by atoms with van der Waals surface area (Å²) in [4.78, 5) is 12.5. The molecule has 152 valence electrons. The number of nitrogens with one attached hydrogen (secondary N) is 1. The molecule has 2 aromatic rings. The van der Waals surface area contributed by atoms with E-state index in [9.17, 15) is 4.79 Å². The highest BCUT2D eigenvalue weighted by molar-refractivity contribution is 6.32. The zero-order chi connectivity index (χ0) is 20.5. The van der Waals surface area contributed by atoms with E-state index in [4.69, 9.17) is 30.5 Å². The summed E-state index contributed by atoms with van der Waals surface area (Å²) in [6.45, 7) is 3.08. The second kappa shape index (κ2) is 10.7. The first kappa shape index (κ1) is 21.7. The molecule has 1 amide bonds. The minimum Gasteiger partial charge on any atom is -0.493 e. The number of ether oxygens (including phenoxy) is 4. The maximum absolute atomic E-state index is 12.5. The number of carbonyl (C=O) groups is 1. The molecule has 2 aromatic carbocycles. The van der Waals surface area contributed by atoms with Crippen molar-refractivity contribution in [3.8, 4) is 23.0 Å². The van der Waals surface area contributed by atoms with E-state index in [0.717, 1.165) is 18.4 Å². The molecule has 0 aliphatic carbocycles. The number of hydrogen-bond donors (Lipinski definition) is 1. The van der Waals surface area contributed by atoms with E-state index in [1.807, 2.05) is 18.2 Å². The zero-order valence-electron chi connectivity index (χ0n) is 16.6. The number of rotatable bonds is 10. The van der Waals surface area contributed by atoms with Crippen LogP contribution in [0.4, 0.5) is 0 Å². The summed E-state index contributed by atoms with van der Waals surface area (Å²) in [7, 11) is 4.58. The molecule has 0 heterocycles. The molecule has 0 saturated carbocycles. The van der Waals surface area contributed by atoms with Crippen LogP contribution in [0.15, 0.2) is 30.3 Å². The topological polar surface area (TPSA) is 66.0 Å². The van der Waals surface area contributed by atoms with Crippen LogP contribution in [-0.4, -0.2) is 33.8 Å². The zero-order valence-corrected chi connectivity index (χ0v) is 17.4. The van der Waals surface area contributed by atoms with Crippen molar-refractivity contribution in [1.82, 2.24) is 5.32 Å². The number of carbonyl (C=O) groups excluding carboxylic acids is 1. The van der Waals surface area contributed by atoms with E-state index in [-0.39, 0.29) is 5.91 Å². The number of hydrogen-bond acceptors (Lipinski definition) is 5. The smallest absolute Gasteiger partial charge is 0.251 e. The van der Waals surface area contributed by atoms with Gasteiger partial charge in [-0.05, 0) is 36.2 Å². The predicted octanol–water partition coefficient (Wildman–Crippen LogP) is 4.47. The first-order valence-electron chi connectivity index (χ1n) is 9.03. The average molecular weight is 408 g/mol. The molecule has 7 heteroatoms. The molecule has 0 saturated heterocycles. The van der Waals surface area contributed by atoms with Crippen molar-refractivity contribution in [2.45, 2.75) is 26.3 Å². The first-order valence-corrected chi connectivity index (χ1v) is 9.41. The Bertz CT molecular complexity index is 810. The van der Waals surface area contributed by atoms with Crippen LogP contribution in [0.2, 0.25) is 5.02 Å². The second-order valence-electron chi connectivity index (χ2n) is 6.06. The molecule has 0 atom stereocenters. The minimum absolute atomic E-state index is 0.273. The Morgan fingerprint density at radius 3 is 2.39 bits per heavy atom. The standard InChI is InChI=1S/C21H26ClNO5/c1-5-6-9-28-17-8-7-14(10-18(17)25-2)13-23-21(24)15-11-16(22)20(27-4)19(12-15)26-3/h7-8,10-12H,5-6,9,13H2,1-4H3,(H,23,24). The first-order chi connectivity index (χ1) is 13.5. The van der Waals surface area contributed by atoms with E-state index in [0.29, 0.717) is 46.7 Å². The van der Waals surface area contributed by atoms with E-state index in [1.165, 1.54) is 14.2 Å². The third-order valence-electron chi connectivity index (χ3n) is 4.13. The second-order valence-corrected chi connectivity index (χ2v) is 6.47. The molecule has 28 heavy (non-hydrogen) atoms. The van der Waals surface area contributed by atoms with Crippen LogP contribution in [-0.2, 0) is 6.54 Å². The van der Waals surface area contributed by atoms with Gasteiger partial charge in [-0.3, -0.25) is 4.79 Å². The monoisotopic (exact) mass is 407 g/mol. The molecule has 0 unspecified atom stereocenters. The highest BCUT2D eigenvalue weighted by Crippen LogP contribution is 2.36. The molecule has 0 spiro atoms. The van der Waals surface area contributed by atoms with Gasteiger partial charge in [0, 0.05) is 12.1 Å². The van der Waals surface area contributed by atoms with Crippen molar-refractivity contribution in [3.05, 3.63) is 46.5 Å². The van der Waals surface area contributed by atoms with Crippen LogP contribution in [0.1, 0.15) is 35.7 Å². The van der Waals surface area contributed by atoms with E-state index in [2.05, 4.69) is 12.2 Å². The van der Waals surface area contributed by atoms with Gasteiger partial charge in [0.15, 0.2) is 23.0 Å². The van der Waals surface area contributed by atoms with Crippen molar-refractivity contribution in [2.24, 2.45) is 0 Å². The van der Waals surface area contributed by atoms with Crippen molar-refractivity contribution in [1.29, 1.82) is 0 Å². The van der Waals surface area contributed by atoms with Gasteiger partial charge in [-0.1, -0.05) is 31.0 Å². The number of halogens is 1. The summed E-state index contributed by atoms with van der Waals surface area (Å²) in [5.74, 6) is 1.85. The van der Waals surface area contributed by atoms with Crippen molar-refractivity contribution in [3.63, 3.8) is 0 Å². The average Bonchev–Trinajstić information content (AvgIpc) is 2.71. The normalized spacial score (nSPS) is 10.3. The Kier molecular flexibility index (Phi) is 8.26. The molecule has 0 aliphatic heterocycles. The lowest BCUT2D eigenvalue weighted by Gasteiger charge is -2.13. The lowest BCUT2D eigenvalue weighted by molar-refractivity contribution is 0.0950. The summed E-state index contributed by atoms with van der Waals surface area (Å²) in [6, 6.07) is 8.73. The maximum atomic E-state index is 12.5. The largest absolute Gasteiger partial charge is 0.493 e. The number of benzene rings is 2. The lowest BCUT2D eigenvalue weighted by atomic mass is 10.1. The summed E-state index contributed by atoms with van der Waals surface area (Å²) in [5.41, 5.74) is 1.27. The summed E-state index contributed by atoms with van der Waals surface area (Å²) in [5, 5.41) is 3.17. The highest BCUT2D eigenvalue weighted by atomic mass is 35.5. The molecule has 0 aromatic heterocycles. The van der Waals surface area contributed by atoms with Gasteiger partial charge in [0.2, 0.25) is 0 Å². The van der Waals surface area contributed by atoms with Gasteiger partial charge in [0.05, 0.1) is 33.0 Å². The molecule has 0 bridgehead atoms. The molecular formula is C21H26ClNO5. The summed E-state index contributed by atoms with van der Waals surface area (Å²) < 4.78 is 21.5. The van der Waals surface area contributed by atoms with Crippen LogP contribution in [0.3, 0.4) is 0 Å². The number of methoxy groups -OCH3 is 3. The lowest BCUT2D eigenvalue weighted by Crippen LogP contribution is -2.23. The van der Waals surface area contributed by atoms with Gasteiger partial charge in [-0.15, -0.1) is 0 Å². The van der Waals surface area contributed by atoms with E-state index in [1.54, 1.807) is 19.2 Å². The molecule has 2 rings (SSSR count). The molecular weight excluding hydrogens is 382 g/mol. The SMILES string of the molecule is CCCCOc1ccc(CNC(=O)c2cc(Cl)c(OC)c(OC)c2)cc1OC. The van der Waals surface area contributed by atoms with Gasteiger partial charge < -0.3 is 24.3 Å². The fourth-order valence-corrected chi connectivity index (χ4v) is 2.89. The Morgan fingerprint density at radius 1 is 1.00 bits per heavy atom. The summed E-state index contributed by atoms with van der Waals surface area (Å²) in [6.07, 6.45) is 2.04. The maximum Gasteiger partial charge on any atom is 0.251 e. The fourth-order valence-electron chi connectivity index (χ4n) is 2.60. The van der Waals surface area contributed by atoms with Crippen LogP contribution in [0.5, 0.6) is 23.0 Å². The Balaban J connectivity index is 2.07. The van der Waals surface area contributed by atoms with Crippen LogP contribution >= 0.6 is 11.6 Å². The molecule has 0 aliphatic rings. The third kappa shape index (κ3) is 5.45. The summed E-state index contributed by atoms with van der Waals surface area (Å²) >= 11 is 6.17. The van der Waals surface area contributed by atoms with Crippen LogP contribution in [0, 0.1) is 0 Å². The number of amides is 1. The molecule has 0 radical (unpaired) electrons. The van der Waals surface area contributed by atoms with Gasteiger partial charge >= 0.3 is 0 Å². The van der Waals surface area contributed by atoms with Gasteiger partial charge in [0.1, 0.15) is 0 Å². The Hall–Kier alpha value is -2.60. The fraction of sp³-hybridized carbons (Fsp3) is 0.381. The van der Waals surface area contributed by atoms with Gasteiger partial charge in [-0.25, -0.2) is 0 Å². The van der Waals surface area contributed by atoms with Crippen molar-refractivity contribution >= 4 is 17.5 Å². The molecule has 6 nitrogen and oxygen atoms in total. The van der Waals surface area contributed by atoms with Crippen molar-refractivity contribution < 1.29 is 23.7 Å². The number of unbranched alkanes of at least 4 members (excludes halogenated alkanes) is 1. The van der Waals surface area contributed by atoms with Gasteiger partial charge in [-0.2, -0.15) is 0 Å². The Labute approximate surface area is 170 Å². The predicted molar refractivity (Wildman–Crippen MR) is 109 cm³/mol. The molecule has 0 fully saturated rings. The minimum atomic E-state index is -0.273. The van der Waals surface area contributed by atoms with E-state index >= 15 is 0 Å². The highest BCUT2D eigenvalue weighted by Gasteiger charge is 2.15.